The predicted molar refractivity (Wildman–Crippen MR) is 122 cm³/mol. The largest absolute Gasteiger partial charge is 0.370 e. The Hall–Kier alpha value is -1.60. The van der Waals surface area contributed by atoms with Crippen molar-refractivity contribution >= 4 is 34.8 Å². The summed E-state index contributed by atoms with van der Waals surface area (Å²) in [7, 11) is 0. The van der Waals surface area contributed by atoms with Crippen LogP contribution in [0.2, 0.25) is 0 Å². The van der Waals surface area contributed by atoms with E-state index in [-0.39, 0.29) is 0 Å². The third kappa shape index (κ3) is 6.78. The number of quaternary nitrogens is 1. The fraction of sp³-hybridized carbons (Fsp3) is 0.409. The van der Waals surface area contributed by atoms with E-state index < -0.39 is 0 Å². The van der Waals surface area contributed by atoms with Gasteiger partial charge in [-0.25, -0.2) is 0 Å². The summed E-state index contributed by atoms with van der Waals surface area (Å²) >= 11 is 7.21. The SMILES string of the molecule is Cc1ccc(Sc2ccc(NC(=S)NCCC[NH+]3CCOCC3)cc2)c(C)c1. The normalized spacial score (nSPS) is 14.6. The van der Waals surface area contributed by atoms with Gasteiger partial charge in [-0.05, 0) is 62.0 Å². The summed E-state index contributed by atoms with van der Waals surface area (Å²) in [5, 5.41) is 7.27. The van der Waals surface area contributed by atoms with Gasteiger partial charge in [-0.15, -0.1) is 0 Å². The van der Waals surface area contributed by atoms with Gasteiger partial charge in [-0.2, -0.15) is 0 Å². The number of morpholine rings is 1. The fourth-order valence-electron chi connectivity index (χ4n) is 3.27. The average molecular weight is 417 g/mol. The van der Waals surface area contributed by atoms with Crippen molar-refractivity contribution in [2.24, 2.45) is 0 Å². The number of anilines is 1. The second-order valence-corrected chi connectivity index (χ2v) is 8.77. The number of hydrogen-bond acceptors (Lipinski definition) is 3. The van der Waals surface area contributed by atoms with Crippen LogP contribution in [0.25, 0.3) is 0 Å². The molecule has 2 aromatic carbocycles. The van der Waals surface area contributed by atoms with Gasteiger partial charge in [0.05, 0.1) is 19.8 Å². The molecule has 3 rings (SSSR count). The van der Waals surface area contributed by atoms with Crippen LogP contribution in [0.5, 0.6) is 0 Å². The van der Waals surface area contributed by atoms with E-state index in [0.29, 0.717) is 5.11 Å². The lowest BCUT2D eigenvalue weighted by atomic mass is 10.2. The summed E-state index contributed by atoms with van der Waals surface area (Å²) in [5.41, 5.74) is 3.63. The van der Waals surface area contributed by atoms with Gasteiger partial charge in [-0.1, -0.05) is 29.5 Å². The van der Waals surface area contributed by atoms with Crippen molar-refractivity contribution in [2.45, 2.75) is 30.1 Å². The molecule has 0 amide bonds. The molecule has 0 spiro atoms. The molecular weight excluding hydrogens is 386 g/mol. The van der Waals surface area contributed by atoms with Crippen molar-refractivity contribution in [3.8, 4) is 0 Å². The van der Waals surface area contributed by atoms with E-state index in [1.807, 2.05) is 0 Å². The first-order valence-electron chi connectivity index (χ1n) is 9.91. The predicted octanol–water partition coefficient (Wildman–Crippen LogP) is 3.05. The zero-order valence-corrected chi connectivity index (χ0v) is 18.3. The van der Waals surface area contributed by atoms with Gasteiger partial charge in [0.2, 0.25) is 0 Å². The molecule has 1 heterocycles. The molecule has 1 aliphatic heterocycles. The number of ether oxygens (including phenoxy) is 1. The molecule has 0 radical (unpaired) electrons. The highest BCUT2D eigenvalue weighted by Gasteiger charge is 2.12. The molecule has 1 saturated heterocycles. The average Bonchev–Trinajstić information content (AvgIpc) is 2.70. The van der Waals surface area contributed by atoms with Gasteiger partial charge >= 0.3 is 0 Å². The molecule has 0 saturated carbocycles. The van der Waals surface area contributed by atoms with E-state index in [4.69, 9.17) is 17.0 Å². The first-order chi connectivity index (χ1) is 13.6. The Labute approximate surface area is 178 Å². The maximum atomic E-state index is 5.42. The Morgan fingerprint density at radius 2 is 1.86 bits per heavy atom. The third-order valence-corrected chi connectivity index (χ3v) is 6.30. The van der Waals surface area contributed by atoms with Crippen molar-refractivity contribution in [1.82, 2.24) is 5.32 Å². The Morgan fingerprint density at radius 3 is 2.57 bits per heavy atom. The van der Waals surface area contributed by atoms with Crippen LogP contribution in [-0.4, -0.2) is 44.5 Å². The molecule has 4 nitrogen and oxygen atoms in total. The Bertz CT molecular complexity index is 774. The van der Waals surface area contributed by atoms with Crippen LogP contribution >= 0.6 is 24.0 Å². The zero-order valence-electron chi connectivity index (χ0n) is 16.7. The summed E-state index contributed by atoms with van der Waals surface area (Å²) in [6.07, 6.45) is 1.11. The van der Waals surface area contributed by atoms with Gasteiger partial charge in [0, 0.05) is 28.4 Å². The molecule has 0 atom stereocenters. The van der Waals surface area contributed by atoms with Crippen LogP contribution in [0.1, 0.15) is 17.5 Å². The molecule has 2 aromatic rings. The molecule has 0 unspecified atom stereocenters. The molecule has 28 heavy (non-hydrogen) atoms. The lowest BCUT2D eigenvalue weighted by Crippen LogP contribution is -3.14. The second kappa shape index (κ2) is 10.8. The van der Waals surface area contributed by atoms with Crippen molar-refractivity contribution < 1.29 is 9.64 Å². The molecule has 6 heteroatoms. The van der Waals surface area contributed by atoms with E-state index in [1.54, 1.807) is 16.7 Å². The first-order valence-corrected chi connectivity index (χ1v) is 11.1. The number of nitrogens with one attached hydrogen (secondary N) is 3. The molecular formula is C22H30N3OS2+. The highest BCUT2D eigenvalue weighted by molar-refractivity contribution is 7.99. The monoisotopic (exact) mass is 416 g/mol. The van der Waals surface area contributed by atoms with Gasteiger partial charge in [0.25, 0.3) is 0 Å². The van der Waals surface area contributed by atoms with Gasteiger partial charge in [0.1, 0.15) is 13.1 Å². The molecule has 150 valence electrons. The third-order valence-electron chi connectivity index (χ3n) is 4.86. The Balaban J connectivity index is 1.40. The van der Waals surface area contributed by atoms with E-state index in [2.05, 4.69) is 66.9 Å². The van der Waals surface area contributed by atoms with Crippen molar-refractivity contribution in [3.63, 3.8) is 0 Å². The molecule has 0 aromatic heterocycles. The molecule has 0 bridgehead atoms. The van der Waals surface area contributed by atoms with E-state index in [9.17, 15) is 0 Å². The Kier molecular flexibility index (Phi) is 8.15. The number of rotatable bonds is 7. The number of thiocarbonyl (C=S) groups is 1. The topological polar surface area (TPSA) is 37.7 Å². The number of aryl methyl sites for hydroxylation is 2. The van der Waals surface area contributed by atoms with Gasteiger partial charge in [0.15, 0.2) is 5.11 Å². The van der Waals surface area contributed by atoms with E-state index in [0.717, 1.165) is 45.0 Å². The number of hydrogen-bond donors (Lipinski definition) is 3. The van der Waals surface area contributed by atoms with E-state index in [1.165, 1.54) is 27.5 Å². The van der Waals surface area contributed by atoms with E-state index >= 15 is 0 Å². The first kappa shape index (κ1) is 21.1. The standard InChI is InChI=1S/C22H29N3OS2/c1-17-4-9-21(18(2)16-17)28-20-7-5-19(6-8-20)24-22(27)23-10-3-11-25-12-14-26-15-13-25/h4-9,16H,3,10-15H2,1-2H3,(H2,23,24,27)/p+1. The molecule has 1 fully saturated rings. The lowest BCUT2D eigenvalue weighted by molar-refractivity contribution is -0.908. The van der Waals surface area contributed by atoms with Crippen LogP contribution in [0, 0.1) is 13.8 Å². The summed E-state index contributed by atoms with van der Waals surface area (Å²) in [6, 6.07) is 15.0. The summed E-state index contributed by atoms with van der Waals surface area (Å²) in [6.45, 7) is 10.4. The summed E-state index contributed by atoms with van der Waals surface area (Å²) in [5.74, 6) is 0. The highest BCUT2D eigenvalue weighted by Crippen LogP contribution is 2.31. The van der Waals surface area contributed by atoms with Crippen LogP contribution in [0.15, 0.2) is 52.3 Å². The number of benzene rings is 2. The quantitative estimate of drug-likeness (QED) is 0.478. The lowest BCUT2D eigenvalue weighted by Gasteiger charge is -2.23. The Morgan fingerprint density at radius 1 is 1.11 bits per heavy atom. The van der Waals surface area contributed by atoms with Crippen molar-refractivity contribution in [1.29, 1.82) is 0 Å². The zero-order chi connectivity index (χ0) is 19.8. The minimum Gasteiger partial charge on any atom is -0.370 e. The highest BCUT2D eigenvalue weighted by atomic mass is 32.2. The minimum atomic E-state index is 0.687. The van der Waals surface area contributed by atoms with Crippen LogP contribution < -0.4 is 15.5 Å². The minimum absolute atomic E-state index is 0.687. The fourth-order valence-corrected chi connectivity index (χ4v) is 4.37. The van der Waals surface area contributed by atoms with Crippen LogP contribution in [0.3, 0.4) is 0 Å². The van der Waals surface area contributed by atoms with Crippen molar-refractivity contribution in [3.05, 3.63) is 53.6 Å². The van der Waals surface area contributed by atoms with Gasteiger partial charge < -0.3 is 20.3 Å². The smallest absolute Gasteiger partial charge is 0.170 e. The van der Waals surface area contributed by atoms with Crippen LogP contribution in [0.4, 0.5) is 5.69 Å². The molecule has 1 aliphatic rings. The summed E-state index contributed by atoms with van der Waals surface area (Å²) in [4.78, 5) is 4.15. The molecule has 3 N–H and O–H groups in total. The maximum absolute atomic E-state index is 5.42. The second-order valence-electron chi connectivity index (χ2n) is 7.24. The summed E-state index contributed by atoms with van der Waals surface area (Å²) < 4.78 is 5.39. The van der Waals surface area contributed by atoms with Crippen LogP contribution in [-0.2, 0) is 4.74 Å². The van der Waals surface area contributed by atoms with Crippen molar-refractivity contribution in [2.75, 3.05) is 44.7 Å². The molecule has 0 aliphatic carbocycles. The van der Waals surface area contributed by atoms with Gasteiger partial charge in [-0.3, -0.25) is 0 Å². The maximum Gasteiger partial charge on any atom is 0.170 e.